The monoisotopic (exact) mass is 563 g/mol. The lowest BCUT2D eigenvalue weighted by Gasteiger charge is -2.29. The lowest BCUT2D eigenvalue weighted by molar-refractivity contribution is -0.141. The van der Waals surface area contributed by atoms with Crippen LogP contribution in [0.5, 0.6) is 0 Å². The molecule has 0 atom stereocenters. The average Bonchev–Trinajstić information content (AvgIpc) is 3.37. The molecule has 0 unspecified atom stereocenters. The maximum absolute atomic E-state index is 13.7. The van der Waals surface area contributed by atoms with Gasteiger partial charge in [-0.2, -0.15) is 0 Å². The molecule has 0 saturated carbocycles. The van der Waals surface area contributed by atoms with E-state index in [0.29, 0.717) is 32.5 Å². The third-order valence-electron chi connectivity index (χ3n) is 7.72. The minimum atomic E-state index is -0.296. The number of para-hydroxylation sites is 1. The van der Waals surface area contributed by atoms with Gasteiger partial charge in [0.05, 0.1) is 6.54 Å². The van der Waals surface area contributed by atoms with Crippen LogP contribution in [0.15, 0.2) is 54.7 Å². The van der Waals surface area contributed by atoms with Crippen molar-refractivity contribution in [1.82, 2.24) is 14.8 Å². The predicted octanol–water partition coefficient (Wildman–Crippen LogP) is 8.28. The fourth-order valence-electron chi connectivity index (χ4n) is 5.40. The summed E-state index contributed by atoms with van der Waals surface area (Å²) in [6, 6.07) is 14.5. The van der Waals surface area contributed by atoms with Gasteiger partial charge in [-0.1, -0.05) is 102 Å². The van der Waals surface area contributed by atoms with Gasteiger partial charge >= 0.3 is 0 Å². The van der Waals surface area contributed by atoms with E-state index in [4.69, 9.17) is 0 Å². The van der Waals surface area contributed by atoms with Gasteiger partial charge in [-0.15, -0.1) is 0 Å². The molecule has 224 valence electrons. The van der Waals surface area contributed by atoms with Gasteiger partial charge in [0.25, 0.3) is 0 Å². The molecule has 1 heterocycles. The number of halogens is 1. The third-order valence-corrected chi connectivity index (χ3v) is 7.72. The fraction of sp³-hybridized carbons (Fsp3) is 0.543. The number of unbranched alkanes of at least 4 members (excludes halogenated alkanes) is 8. The summed E-state index contributed by atoms with van der Waals surface area (Å²) in [5.74, 6) is -0.0362. The zero-order chi connectivity index (χ0) is 29.5. The molecule has 0 radical (unpaired) electrons. The van der Waals surface area contributed by atoms with E-state index in [1.165, 1.54) is 57.1 Å². The number of hydrogen-bond donors (Lipinski definition) is 1. The van der Waals surface area contributed by atoms with Gasteiger partial charge in [0.2, 0.25) is 11.8 Å². The number of fused-ring (bicyclic) bond motifs is 1. The smallest absolute Gasteiger partial charge is 0.242 e. The van der Waals surface area contributed by atoms with Crippen molar-refractivity contribution in [2.45, 2.75) is 97.9 Å². The molecule has 0 saturated heterocycles. The van der Waals surface area contributed by atoms with E-state index >= 15 is 0 Å². The largest absolute Gasteiger partial charge is 0.361 e. The molecule has 0 aliphatic heterocycles. The Morgan fingerprint density at radius 1 is 0.829 bits per heavy atom. The predicted molar refractivity (Wildman–Crippen MR) is 167 cm³/mol. The molecule has 2 aromatic carbocycles. The highest BCUT2D eigenvalue weighted by molar-refractivity contribution is 5.85. The lowest BCUT2D eigenvalue weighted by Crippen LogP contribution is -2.44. The summed E-state index contributed by atoms with van der Waals surface area (Å²) in [6.07, 6.45) is 14.0. The number of amides is 2. The Hall–Kier alpha value is -3.15. The molecule has 2 amide bonds. The zero-order valence-corrected chi connectivity index (χ0v) is 25.5. The van der Waals surface area contributed by atoms with Gasteiger partial charge in [-0.25, -0.2) is 4.39 Å². The fourth-order valence-corrected chi connectivity index (χ4v) is 5.40. The number of carbonyl (C=O) groups is 2. The van der Waals surface area contributed by atoms with Crippen LogP contribution in [0, 0.1) is 11.7 Å². The number of carbonyl (C=O) groups excluding carboxylic acids is 2. The summed E-state index contributed by atoms with van der Waals surface area (Å²) >= 11 is 0. The molecule has 0 bridgehead atoms. The SMILES string of the molecule is CCCCCCCCCCCC(=O)N(CC(=O)N(CCc1c[nH]c2ccccc12)Cc1ccc(F)cc1)CC(C)C. The van der Waals surface area contributed by atoms with E-state index in [0.717, 1.165) is 34.9 Å². The summed E-state index contributed by atoms with van der Waals surface area (Å²) < 4.78 is 13.6. The maximum Gasteiger partial charge on any atom is 0.242 e. The number of aromatic nitrogens is 1. The Morgan fingerprint density at radius 3 is 2.17 bits per heavy atom. The first-order valence-corrected chi connectivity index (χ1v) is 15.7. The summed E-state index contributed by atoms with van der Waals surface area (Å²) in [4.78, 5) is 33.8. The van der Waals surface area contributed by atoms with Crippen molar-refractivity contribution in [2.24, 2.45) is 5.92 Å². The minimum absolute atomic E-state index is 0.0633. The lowest BCUT2D eigenvalue weighted by atomic mass is 10.1. The Kier molecular flexibility index (Phi) is 13.9. The molecule has 41 heavy (non-hydrogen) atoms. The molecule has 0 fully saturated rings. The van der Waals surface area contributed by atoms with E-state index in [1.54, 1.807) is 17.0 Å². The summed E-state index contributed by atoms with van der Waals surface area (Å²) in [7, 11) is 0. The van der Waals surface area contributed by atoms with E-state index in [2.05, 4.69) is 31.8 Å². The van der Waals surface area contributed by atoms with Gasteiger partial charge < -0.3 is 14.8 Å². The first kappa shape index (κ1) is 32.4. The molecule has 3 aromatic rings. The van der Waals surface area contributed by atoms with Crippen LogP contribution in [0.2, 0.25) is 0 Å². The second-order valence-electron chi connectivity index (χ2n) is 11.8. The van der Waals surface area contributed by atoms with Crippen LogP contribution in [0.25, 0.3) is 10.9 Å². The van der Waals surface area contributed by atoms with Crippen LogP contribution >= 0.6 is 0 Å². The molecule has 0 aliphatic carbocycles. The summed E-state index contributed by atoms with van der Waals surface area (Å²) in [5, 5.41) is 1.15. The van der Waals surface area contributed by atoms with Crippen LogP contribution in [0.4, 0.5) is 4.39 Å². The second kappa shape index (κ2) is 17.6. The molecule has 1 aromatic heterocycles. The molecule has 0 aliphatic rings. The minimum Gasteiger partial charge on any atom is -0.361 e. The van der Waals surface area contributed by atoms with Crippen LogP contribution in [-0.4, -0.2) is 46.2 Å². The Morgan fingerprint density at radius 2 is 1.49 bits per heavy atom. The normalized spacial score (nSPS) is 11.3. The number of H-pyrrole nitrogens is 1. The zero-order valence-electron chi connectivity index (χ0n) is 25.5. The average molecular weight is 564 g/mol. The quantitative estimate of drug-likeness (QED) is 0.149. The van der Waals surface area contributed by atoms with Gasteiger partial charge in [-0.3, -0.25) is 9.59 Å². The van der Waals surface area contributed by atoms with Crippen LogP contribution < -0.4 is 0 Å². The first-order valence-electron chi connectivity index (χ1n) is 15.7. The Labute approximate surface area is 246 Å². The van der Waals surface area contributed by atoms with Crippen molar-refractivity contribution < 1.29 is 14.0 Å². The van der Waals surface area contributed by atoms with Crippen molar-refractivity contribution >= 4 is 22.7 Å². The molecule has 1 N–H and O–H groups in total. The number of nitrogens with zero attached hydrogens (tertiary/aromatic N) is 2. The highest BCUT2D eigenvalue weighted by Crippen LogP contribution is 2.19. The van der Waals surface area contributed by atoms with E-state index in [-0.39, 0.29) is 30.1 Å². The number of aromatic amines is 1. The number of hydrogen-bond acceptors (Lipinski definition) is 2. The van der Waals surface area contributed by atoms with Crippen LogP contribution in [-0.2, 0) is 22.6 Å². The number of rotatable bonds is 19. The van der Waals surface area contributed by atoms with Crippen LogP contribution in [0.1, 0.15) is 96.1 Å². The highest BCUT2D eigenvalue weighted by Gasteiger charge is 2.22. The summed E-state index contributed by atoms with van der Waals surface area (Å²) in [6.45, 7) is 7.93. The number of benzene rings is 2. The van der Waals surface area contributed by atoms with Crippen molar-refractivity contribution in [1.29, 1.82) is 0 Å². The van der Waals surface area contributed by atoms with E-state index in [9.17, 15) is 14.0 Å². The van der Waals surface area contributed by atoms with Crippen molar-refractivity contribution in [3.63, 3.8) is 0 Å². The van der Waals surface area contributed by atoms with Gasteiger partial charge in [0, 0.05) is 43.2 Å². The topological polar surface area (TPSA) is 56.4 Å². The van der Waals surface area contributed by atoms with Crippen molar-refractivity contribution in [2.75, 3.05) is 19.6 Å². The third kappa shape index (κ3) is 11.3. The molecular formula is C35H50FN3O2. The van der Waals surface area contributed by atoms with Gasteiger partial charge in [-0.05, 0) is 48.1 Å². The highest BCUT2D eigenvalue weighted by atomic mass is 19.1. The van der Waals surface area contributed by atoms with Gasteiger partial charge in [0.15, 0.2) is 0 Å². The molecular weight excluding hydrogens is 513 g/mol. The molecule has 6 heteroatoms. The maximum atomic E-state index is 13.7. The molecule has 3 rings (SSSR count). The van der Waals surface area contributed by atoms with Crippen molar-refractivity contribution in [3.05, 3.63) is 71.7 Å². The molecule has 5 nitrogen and oxygen atoms in total. The van der Waals surface area contributed by atoms with E-state index < -0.39 is 0 Å². The Balaban J connectivity index is 1.59. The summed E-state index contributed by atoms with van der Waals surface area (Å²) in [5.41, 5.74) is 3.09. The number of nitrogens with one attached hydrogen (secondary N) is 1. The van der Waals surface area contributed by atoms with Crippen molar-refractivity contribution in [3.8, 4) is 0 Å². The van der Waals surface area contributed by atoms with Gasteiger partial charge in [0.1, 0.15) is 5.82 Å². The van der Waals surface area contributed by atoms with E-state index in [1.807, 2.05) is 29.3 Å². The first-order chi connectivity index (χ1) is 19.9. The second-order valence-corrected chi connectivity index (χ2v) is 11.8. The van der Waals surface area contributed by atoms with Crippen LogP contribution in [0.3, 0.4) is 0 Å². The Bertz CT molecular complexity index is 1190. The molecule has 0 spiro atoms. The standard InChI is InChI=1S/C35H50FN3O2/c1-4-5-6-7-8-9-10-11-12-17-34(40)39(25-28(2)3)27-35(41)38(26-29-18-20-31(36)21-19-29)23-22-30-24-37-33-16-14-13-15-32(30)33/h13-16,18-21,24,28,37H,4-12,17,22-23,25-27H2,1-3H3.